The molecular formula is C25H28N2O6. The molecule has 1 saturated carbocycles. The molecule has 2 aromatic rings. The lowest BCUT2D eigenvalue weighted by Gasteiger charge is -2.17. The van der Waals surface area contributed by atoms with Crippen LogP contribution in [0.3, 0.4) is 0 Å². The van der Waals surface area contributed by atoms with Crippen LogP contribution in [0.25, 0.3) is 0 Å². The van der Waals surface area contributed by atoms with Crippen molar-refractivity contribution in [1.82, 2.24) is 10.6 Å². The quantitative estimate of drug-likeness (QED) is 0.591. The van der Waals surface area contributed by atoms with E-state index in [1.165, 1.54) is 0 Å². The highest BCUT2D eigenvalue weighted by molar-refractivity contribution is 6.02. The summed E-state index contributed by atoms with van der Waals surface area (Å²) in [5.41, 5.74) is 2.54. The van der Waals surface area contributed by atoms with E-state index in [4.69, 9.17) is 19.3 Å². The molecule has 0 unspecified atom stereocenters. The molecule has 2 aliphatic heterocycles. The number of aliphatic hydroxyl groups is 1. The minimum absolute atomic E-state index is 0.0706. The second kappa shape index (κ2) is 8.68. The van der Waals surface area contributed by atoms with Crippen LogP contribution < -0.4 is 20.1 Å². The Morgan fingerprint density at radius 2 is 1.94 bits per heavy atom. The van der Waals surface area contributed by atoms with Crippen LogP contribution in [0.4, 0.5) is 0 Å². The molecule has 2 heterocycles. The van der Waals surface area contributed by atoms with E-state index in [1.54, 1.807) is 13.1 Å². The summed E-state index contributed by atoms with van der Waals surface area (Å²) in [4.78, 5) is 25.8. The van der Waals surface area contributed by atoms with Gasteiger partial charge in [0.15, 0.2) is 0 Å². The van der Waals surface area contributed by atoms with E-state index in [9.17, 15) is 9.59 Å². The lowest BCUT2D eigenvalue weighted by atomic mass is 9.86. The van der Waals surface area contributed by atoms with E-state index in [1.807, 2.05) is 37.3 Å². The van der Waals surface area contributed by atoms with Crippen LogP contribution in [-0.2, 0) is 4.74 Å². The van der Waals surface area contributed by atoms with Crippen molar-refractivity contribution in [3.63, 3.8) is 0 Å². The molecule has 8 nitrogen and oxygen atoms in total. The Hall–Kier alpha value is -3.10. The van der Waals surface area contributed by atoms with Gasteiger partial charge in [0.2, 0.25) is 0 Å². The number of fused-ring (bicyclic) bond motifs is 2. The molecule has 5 atom stereocenters. The van der Waals surface area contributed by atoms with Crippen LogP contribution in [0, 0.1) is 11.8 Å². The number of hydrogen-bond acceptors (Lipinski definition) is 6. The molecule has 2 amide bonds. The van der Waals surface area contributed by atoms with E-state index < -0.39 is 0 Å². The summed E-state index contributed by atoms with van der Waals surface area (Å²) in [6, 6.07) is 11.2. The number of amides is 2. The zero-order chi connectivity index (χ0) is 23.1. The van der Waals surface area contributed by atoms with Crippen molar-refractivity contribution in [1.29, 1.82) is 0 Å². The van der Waals surface area contributed by atoms with Gasteiger partial charge in [-0.15, -0.1) is 0 Å². The van der Waals surface area contributed by atoms with Crippen molar-refractivity contribution in [2.24, 2.45) is 11.8 Å². The number of carbonyl (C=O) groups excluding carboxylic acids is 2. The van der Waals surface area contributed by atoms with E-state index >= 15 is 0 Å². The molecule has 2 fully saturated rings. The normalized spacial score (nSPS) is 26.7. The average molecular weight is 453 g/mol. The molecule has 2 aromatic carbocycles. The highest BCUT2D eigenvalue weighted by atomic mass is 16.5. The summed E-state index contributed by atoms with van der Waals surface area (Å²) >= 11 is 0. The Morgan fingerprint density at radius 3 is 2.67 bits per heavy atom. The standard InChI is InChI=1S/C25H28N2O6/c1-13-21(14-4-3-5-16(8-14)32-7-6-28)17-9-15(10-18(23(17)33-13)25(30)26-2)24(29)27-22-19-11-31-12-20(19)22/h3-5,8-10,13,19-22,28H,6-7,11-12H2,1-2H3,(H,26,30)(H,27,29)/t13-,19-,20+,21+,22+/m0/s1. The van der Waals surface area contributed by atoms with Crippen molar-refractivity contribution < 1.29 is 28.9 Å². The van der Waals surface area contributed by atoms with Crippen LogP contribution >= 0.6 is 0 Å². The third kappa shape index (κ3) is 3.94. The van der Waals surface area contributed by atoms with Gasteiger partial charge in [-0.1, -0.05) is 12.1 Å². The van der Waals surface area contributed by atoms with Crippen molar-refractivity contribution in [2.75, 3.05) is 33.5 Å². The van der Waals surface area contributed by atoms with E-state index in [0.29, 0.717) is 47.7 Å². The predicted octanol–water partition coefficient (Wildman–Crippen LogP) is 1.70. The zero-order valence-corrected chi connectivity index (χ0v) is 18.7. The monoisotopic (exact) mass is 452 g/mol. The fraction of sp³-hybridized carbons (Fsp3) is 0.440. The molecule has 0 radical (unpaired) electrons. The van der Waals surface area contributed by atoms with Crippen molar-refractivity contribution >= 4 is 11.8 Å². The lowest BCUT2D eigenvalue weighted by Crippen LogP contribution is -2.30. The van der Waals surface area contributed by atoms with Crippen LogP contribution in [0.5, 0.6) is 11.5 Å². The van der Waals surface area contributed by atoms with Gasteiger partial charge in [0.25, 0.3) is 11.8 Å². The molecule has 33 heavy (non-hydrogen) atoms. The Bertz CT molecular complexity index is 1080. The molecule has 174 valence electrons. The molecule has 0 aromatic heterocycles. The Labute approximate surface area is 192 Å². The fourth-order valence-electron chi connectivity index (χ4n) is 5.06. The SMILES string of the molecule is CNC(=O)c1cc(C(=O)N[C@H]2[C@@H]3COC[C@@H]32)cc2c1O[C@@H](C)[C@@H]2c1cccc(OCCO)c1. The largest absolute Gasteiger partial charge is 0.491 e. The van der Waals surface area contributed by atoms with Gasteiger partial charge in [0.1, 0.15) is 24.2 Å². The molecule has 5 rings (SSSR count). The minimum Gasteiger partial charge on any atom is -0.491 e. The summed E-state index contributed by atoms with van der Waals surface area (Å²) in [7, 11) is 1.56. The third-order valence-corrected chi connectivity index (χ3v) is 6.79. The summed E-state index contributed by atoms with van der Waals surface area (Å²) < 4.78 is 17.1. The van der Waals surface area contributed by atoms with Gasteiger partial charge in [-0.05, 0) is 36.8 Å². The molecule has 3 aliphatic rings. The maximum Gasteiger partial charge on any atom is 0.254 e. The first kappa shape index (κ1) is 21.7. The first-order chi connectivity index (χ1) is 16.0. The Morgan fingerprint density at radius 1 is 1.15 bits per heavy atom. The van der Waals surface area contributed by atoms with Crippen molar-refractivity contribution in [3.05, 3.63) is 58.7 Å². The predicted molar refractivity (Wildman–Crippen MR) is 120 cm³/mol. The first-order valence-electron chi connectivity index (χ1n) is 11.3. The number of carbonyl (C=O) groups is 2. The number of ether oxygens (including phenoxy) is 3. The second-order valence-electron chi connectivity index (χ2n) is 8.83. The maximum atomic E-state index is 13.1. The Balaban J connectivity index is 1.50. The molecule has 0 bridgehead atoms. The van der Waals surface area contributed by atoms with Gasteiger partial charge in [0.05, 0.1) is 25.4 Å². The number of hydrogen-bond donors (Lipinski definition) is 3. The van der Waals surface area contributed by atoms with E-state index in [2.05, 4.69) is 10.6 Å². The number of rotatable bonds is 7. The number of aliphatic hydroxyl groups excluding tert-OH is 1. The molecule has 8 heteroatoms. The number of benzene rings is 2. The van der Waals surface area contributed by atoms with Crippen LogP contribution in [-0.4, -0.2) is 62.5 Å². The number of nitrogens with one attached hydrogen (secondary N) is 2. The Kier molecular flexibility index (Phi) is 5.72. The van der Waals surface area contributed by atoms with Crippen molar-refractivity contribution in [2.45, 2.75) is 25.0 Å². The molecule has 1 aliphatic carbocycles. The molecular weight excluding hydrogens is 424 g/mol. The second-order valence-corrected chi connectivity index (χ2v) is 8.83. The van der Waals surface area contributed by atoms with E-state index in [0.717, 1.165) is 11.1 Å². The first-order valence-corrected chi connectivity index (χ1v) is 11.3. The third-order valence-electron chi connectivity index (χ3n) is 6.79. The van der Waals surface area contributed by atoms with Crippen LogP contribution in [0.1, 0.15) is 44.7 Å². The van der Waals surface area contributed by atoms with Gasteiger partial charge >= 0.3 is 0 Å². The van der Waals surface area contributed by atoms with Crippen LogP contribution in [0.2, 0.25) is 0 Å². The smallest absolute Gasteiger partial charge is 0.254 e. The van der Waals surface area contributed by atoms with Gasteiger partial charge in [0, 0.05) is 42.0 Å². The molecule has 3 N–H and O–H groups in total. The van der Waals surface area contributed by atoms with Crippen LogP contribution in [0.15, 0.2) is 36.4 Å². The summed E-state index contributed by atoms with van der Waals surface area (Å²) in [5, 5.41) is 14.8. The van der Waals surface area contributed by atoms with Gasteiger partial charge in [-0.25, -0.2) is 0 Å². The molecule has 0 spiro atoms. The van der Waals surface area contributed by atoms with Gasteiger partial charge in [-0.3, -0.25) is 9.59 Å². The van der Waals surface area contributed by atoms with E-state index in [-0.39, 0.29) is 43.1 Å². The van der Waals surface area contributed by atoms with Gasteiger partial charge < -0.3 is 30.0 Å². The summed E-state index contributed by atoms with van der Waals surface area (Å²) in [6.45, 7) is 3.45. The minimum atomic E-state index is -0.300. The zero-order valence-electron chi connectivity index (χ0n) is 18.7. The topological polar surface area (TPSA) is 106 Å². The summed E-state index contributed by atoms with van der Waals surface area (Å²) in [6.07, 6.45) is -0.241. The molecule has 1 saturated heterocycles. The highest BCUT2D eigenvalue weighted by Crippen LogP contribution is 2.46. The highest BCUT2D eigenvalue weighted by Gasteiger charge is 2.54. The average Bonchev–Trinajstić information content (AvgIpc) is 3.15. The van der Waals surface area contributed by atoms with Crippen molar-refractivity contribution in [3.8, 4) is 11.5 Å². The summed E-state index contributed by atoms with van der Waals surface area (Å²) in [5.74, 6) is 1.25. The van der Waals surface area contributed by atoms with Gasteiger partial charge in [-0.2, -0.15) is 0 Å². The maximum absolute atomic E-state index is 13.1. The lowest BCUT2D eigenvalue weighted by molar-refractivity contribution is 0.0928. The fourth-order valence-corrected chi connectivity index (χ4v) is 5.06.